The van der Waals surface area contributed by atoms with Gasteiger partial charge in [-0.3, -0.25) is 0 Å². The number of rotatable bonds is 6. The fourth-order valence-electron chi connectivity index (χ4n) is 3.23. The van der Waals surface area contributed by atoms with Crippen LogP contribution in [0.2, 0.25) is 0 Å². The molecule has 0 atom stereocenters. The molecule has 0 saturated carbocycles. The first-order valence-electron chi connectivity index (χ1n) is 9.12. The highest BCUT2D eigenvalue weighted by molar-refractivity contribution is 5.85. The standard InChI is InChI=1S/C23H20N2O3/c26-22(28-16-15-21-24-19-13-7-8-14-20(19)25-21)23(27,17-9-3-1-4-10-17)18-11-5-2-6-12-18/h1-14,27H,15-16H2,(H,24,25). The molecule has 1 aromatic heterocycles. The zero-order chi connectivity index (χ0) is 19.4. The quantitative estimate of drug-likeness (QED) is 0.507. The van der Waals surface area contributed by atoms with Crippen LogP contribution in [0.5, 0.6) is 0 Å². The second-order valence-electron chi connectivity index (χ2n) is 6.53. The average molecular weight is 372 g/mol. The van der Waals surface area contributed by atoms with Crippen molar-refractivity contribution in [3.8, 4) is 0 Å². The van der Waals surface area contributed by atoms with Gasteiger partial charge < -0.3 is 14.8 Å². The number of benzene rings is 3. The molecule has 0 fully saturated rings. The van der Waals surface area contributed by atoms with E-state index in [1.165, 1.54) is 0 Å². The lowest BCUT2D eigenvalue weighted by atomic mass is 9.86. The van der Waals surface area contributed by atoms with Crippen molar-refractivity contribution < 1.29 is 14.6 Å². The molecule has 0 saturated heterocycles. The van der Waals surface area contributed by atoms with Crippen molar-refractivity contribution in [1.82, 2.24) is 9.97 Å². The van der Waals surface area contributed by atoms with Gasteiger partial charge in [-0.05, 0) is 23.3 Å². The molecule has 0 bridgehead atoms. The molecule has 3 aromatic carbocycles. The van der Waals surface area contributed by atoms with E-state index in [0.717, 1.165) is 16.9 Å². The molecule has 5 heteroatoms. The number of aromatic nitrogens is 2. The SMILES string of the molecule is O=C(OCCc1nc2ccccc2[nH]1)C(O)(c1ccccc1)c1ccccc1. The second kappa shape index (κ2) is 7.66. The van der Waals surface area contributed by atoms with Crippen molar-refractivity contribution in [2.45, 2.75) is 12.0 Å². The number of hydrogen-bond acceptors (Lipinski definition) is 4. The fourth-order valence-corrected chi connectivity index (χ4v) is 3.23. The van der Waals surface area contributed by atoms with Crippen molar-refractivity contribution in [3.05, 3.63) is 102 Å². The van der Waals surface area contributed by atoms with Gasteiger partial charge in [0.25, 0.3) is 0 Å². The van der Waals surface area contributed by atoms with Crippen LogP contribution in [0.25, 0.3) is 11.0 Å². The van der Waals surface area contributed by atoms with Gasteiger partial charge in [-0.2, -0.15) is 0 Å². The highest BCUT2D eigenvalue weighted by Crippen LogP contribution is 2.31. The van der Waals surface area contributed by atoms with E-state index in [1.807, 2.05) is 36.4 Å². The summed E-state index contributed by atoms with van der Waals surface area (Å²) in [6.07, 6.45) is 0.431. The first-order valence-corrected chi connectivity index (χ1v) is 9.12. The Balaban J connectivity index is 1.53. The summed E-state index contributed by atoms with van der Waals surface area (Å²) in [5.41, 5.74) is 0.879. The van der Waals surface area contributed by atoms with E-state index in [4.69, 9.17) is 4.74 Å². The monoisotopic (exact) mass is 372 g/mol. The molecule has 0 aliphatic rings. The van der Waals surface area contributed by atoms with Gasteiger partial charge >= 0.3 is 5.97 Å². The third-order valence-corrected chi connectivity index (χ3v) is 4.69. The van der Waals surface area contributed by atoms with Crippen molar-refractivity contribution in [2.24, 2.45) is 0 Å². The molecule has 5 nitrogen and oxygen atoms in total. The predicted molar refractivity (Wildman–Crippen MR) is 107 cm³/mol. The number of para-hydroxylation sites is 2. The minimum Gasteiger partial charge on any atom is -0.463 e. The number of fused-ring (bicyclic) bond motifs is 1. The van der Waals surface area contributed by atoms with Crippen molar-refractivity contribution in [1.29, 1.82) is 0 Å². The van der Waals surface area contributed by atoms with Crippen LogP contribution in [-0.2, 0) is 21.6 Å². The minimum absolute atomic E-state index is 0.112. The summed E-state index contributed by atoms with van der Waals surface area (Å²) >= 11 is 0. The maximum absolute atomic E-state index is 12.9. The van der Waals surface area contributed by atoms with E-state index in [9.17, 15) is 9.90 Å². The van der Waals surface area contributed by atoms with Gasteiger partial charge in [-0.1, -0.05) is 72.8 Å². The van der Waals surface area contributed by atoms with Gasteiger partial charge in [0.05, 0.1) is 17.6 Å². The maximum atomic E-state index is 12.9. The molecule has 0 amide bonds. The number of nitrogens with zero attached hydrogens (tertiary/aromatic N) is 1. The molecule has 140 valence electrons. The molecule has 0 unspecified atom stereocenters. The van der Waals surface area contributed by atoms with Crippen molar-refractivity contribution >= 4 is 17.0 Å². The lowest BCUT2D eigenvalue weighted by Gasteiger charge is -2.27. The molecule has 0 aliphatic heterocycles. The Kier molecular flexibility index (Phi) is 4.91. The third kappa shape index (κ3) is 3.40. The number of esters is 1. The van der Waals surface area contributed by atoms with Crippen LogP contribution in [0, 0.1) is 0 Å². The number of imidazole rings is 1. The Morgan fingerprint density at radius 2 is 1.46 bits per heavy atom. The van der Waals surface area contributed by atoms with E-state index in [2.05, 4.69) is 9.97 Å². The van der Waals surface area contributed by atoms with E-state index in [-0.39, 0.29) is 6.61 Å². The molecule has 1 heterocycles. The van der Waals surface area contributed by atoms with E-state index in [0.29, 0.717) is 17.5 Å². The summed E-state index contributed by atoms with van der Waals surface area (Å²) in [7, 11) is 0. The molecular weight excluding hydrogens is 352 g/mol. The van der Waals surface area contributed by atoms with Gasteiger partial charge in [0.2, 0.25) is 5.60 Å². The summed E-state index contributed by atoms with van der Waals surface area (Å²) in [5.74, 6) is 0.0259. The predicted octanol–water partition coefficient (Wildman–Crippen LogP) is 3.58. The van der Waals surface area contributed by atoms with Gasteiger partial charge in [-0.25, -0.2) is 9.78 Å². The summed E-state index contributed by atoms with van der Waals surface area (Å²) in [6.45, 7) is 0.112. The molecule has 2 N–H and O–H groups in total. The van der Waals surface area contributed by atoms with Crippen LogP contribution in [0.15, 0.2) is 84.9 Å². The largest absolute Gasteiger partial charge is 0.463 e. The van der Waals surface area contributed by atoms with Crippen LogP contribution in [0.4, 0.5) is 0 Å². The lowest BCUT2D eigenvalue weighted by Crippen LogP contribution is -2.38. The molecule has 0 spiro atoms. The Morgan fingerprint density at radius 1 is 0.893 bits per heavy atom. The van der Waals surface area contributed by atoms with Gasteiger partial charge in [-0.15, -0.1) is 0 Å². The maximum Gasteiger partial charge on any atom is 0.347 e. The smallest absolute Gasteiger partial charge is 0.347 e. The van der Waals surface area contributed by atoms with Crippen LogP contribution in [0.3, 0.4) is 0 Å². The zero-order valence-corrected chi connectivity index (χ0v) is 15.2. The average Bonchev–Trinajstić information content (AvgIpc) is 3.17. The van der Waals surface area contributed by atoms with Crippen LogP contribution in [-0.4, -0.2) is 27.7 Å². The summed E-state index contributed by atoms with van der Waals surface area (Å²) in [4.78, 5) is 20.6. The molecule has 0 radical (unpaired) electrons. The number of ether oxygens (including phenoxy) is 1. The van der Waals surface area contributed by atoms with Gasteiger partial charge in [0.15, 0.2) is 0 Å². The Morgan fingerprint density at radius 3 is 2.07 bits per heavy atom. The van der Waals surface area contributed by atoms with E-state index in [1.54, 1.807) is 48.5 Å². The third-order valence-electron chi connectivity index (χ3n) is 4.69. The fraction of sp³-hybridized carbons (Fsp3) is 0.130. The summed E-state index contributed by atoms with van der Waals surface area (Å²) < 4.78 is 5.47. The zero-order valence-electron chi connectivity index (χ0n) is 15.2. The van der Waals surface area contributed by atoms with E-state index < -0.39 is 11.6 Å². The molecule has 28 heavy (non-hydrogen) atoms. The molecule has 4 rings (SSSR count). The number of hydrogen-bond donors (Lipinski definition) is 2. The van der Waals surface area contributed by atoms with Crippen LogP contribution in [0.1, 0.15) is 17.0 Å². The Labute approximate surface area is 162 Å². The van der Waals surface area contributed by atoms with Crippen molar-refractivity contribution in [2.75, 3.05) is 6.61 Å². The lowest BCUT2D eigenvalue weighted by molar-refractivity contribution is -0.162. The summed E-state index contributed by atoms with van der Waals surface area (Å²) in [6, 6.07) is 25.4. The van der Waals surface area contributed by atoms with Crippen LogP contribution >= 0.6 is 0 Å². The Bertz CT molecular complexity index is 1000. The van der Waals surface area contributed by atoms with Crippen molar-refractivity contribution in [3.63, 3.8) is 0 Å². The highest BCUT2D eigenvalue weighted by atomic mass is 16.5. The number of aliphatic hydroxyl groups is 1. The highest BCUT2D eigenvalue weighted by Gasteiger charge is 2.41. The normalized spacial score (nSPS) is 11.5. The van der Waals surface area contributed by atoms with Gasteiger partial charge in [0.1, 0.15) is 5.82 Å². The number of aromatic amines is 1. The number of H-pyrrole nitrogens is 1. The molecule has 0 aliphatic carbocycles. The topological polar surface area (TPSA) is 75.2 Å². The number of nitrogens with one attached hydrogen (secondary N) is 1. The first-order chi connectivity index (χ1) is 13.7. The summed E-state index contributed by atoms with van der Waals surface area (Å²) in [5, 5.41) is 11.3. The first kappa shape index (κ1) is 17.9. The number of carbonyl (C=O) groups is 1. The second-order valence-corrected chi connectivity index (χ2v) is 6.53. The van der Waals surface area contributed by atoms with E-state index >= 15 is 0 Å². The molecule has 4 aromatic rings. The molecular formula is C23H20N2O3. The Hall–Kier alpha value is -3.44. The minimum atomic E-state index is -1.86. The van der Waals surface area contributed by atoms with Gasteiger partial charge in [0, 0.05) is 6.42 Å². The van der Waals surface area contributed by atoms with Crippen LogP contribution < -0.4 is 0 Å². The number of carbonyl (C=O) groups excluding carboxylic acids is 1.